The number of rotatable bonds is 4. The quantitative estimate of drug-likeness (QED) is 0.785. The second-order valence-electron chi connectivity index (χ2n) is 3.96. The summed E-state index contributed by atoms with van der Waals surface area (Å²) in [5, 5.41) is 8.18. The summed E-state index contributed by atoms with van der Waals surface area (Å²) in [6.07, 6.45) is 6.62. The average molecular weight is 216 g/mol. The largest absolute Gasteiger partial charge is 0.264 e. The molecule has 0 amide bonds. The Hall–Kier alpha value is -1.71. The molecule has 2 heterocycles. The minimum absolute atomic E-state index is 0.427. The van der Waals surface area contributed by atoms with Gasteiger partial charge >= 0.3 is 0 Å². The van der Waals surface area contributed by atoms with E-state index >= 15 is 0 Å². The molecule has 0 aromatic carbocycles. The summed E-state index contributed by atoms with van der Waals surface area (Å²) in [7, 11) is 0. The molecule has 0 saturated carbocycles. The van der Waals surface area contributed by atoms with Crippen molar-refractivity contribution in [3.05, 3.63) is 42.0 Å². The highest BCUT2D eigenvalue weighted by Gasteiger charge is 2.09. The molecule has 4 heteroatoms. The third-order valence-corrected chi connectivity index (χ3v) is 2.68. The summed E-state index contributed by atoms with van der Waals surface area (Å²) >= 11 is 0. The molecule has 0 bridgehead atoms. The van der Waals surface area contributed by atoms with E-state index in [0.717, 1.165) is 18.7 Å². The highest BCUT2D eigenvalue weighted by molar-refractivity contribution is 5.15. The van der Waals surface area contributed by atoms with Gasteiger partial charge in [-0.1, -0.05) is 18.2 Å². The summed E-state index contributed by atoms with van der Waals surface area (Å²) in [6, 6.07) is 4.07. The van der Waals surface area contributed by atoms with Gasteiger partial charge in [0.15, 0.2) is 0 Å². The summed E-state index contributed by atoms with van der Waals surface area (Å²) < 4.78 is 1.85. The monoisotopic (exact) mass is 216 g/mol. The molecule has 2 rings (SSSR count). The molecule has 4 nitrogen and oxygen atoms in total. The topological polar surface area (TPSA) is 43.6 Å². The van der Waals surface area contributed by atoms with E-state index in [-0.39, 0.29) is 0 Å². The van der Waals surface area contributed by atoms with Crippen LogP contribution >= 0.6 is 0 Å². The van der Waals surface area contributed by atoms with Crippen LogP contribution in [0.25, 0.3) is 0 Å². The van der Waals surface area contributed by atoms with Crippen LogP contribution in [-0.4, -0.2) is 20.0 Å². The zero-order chi connectivity index (χ0) is 11.4. The predicted molar refractivity (Wildman–Crippen MR) is 62.1 cm³/mol. The molecule has 0 saturated heterocycles. The molecular formula is C12H16N4. The van der Waals surface area contributed by atoms with Crippen LogP contribution in [0.3, 0.4) is 0 Å². The van der Waals surface area contributed by atoms with Gasteiger partial charge in [0.2, 0.25) is 0 Å². The van der Waals surface area contributed by atoms with Crippen molar-refractivity contribution in [3.63, 3.8) is 0 Å². The Bertz CT molecular complexity index is 435. The third kappa shape index (κ3) is 2.45. The Morgan fingerprint density at radius 3 is 2.94 bits per heavy atom. The summed E-state index contributed by atoms with van der Waals surface area (Å²) in [6.45, 7) is 5.11. The van der Waals surface area contributed by atoms with Crippen LogP contribution < -0.4 is 0 Å². The lowest BCUT2D eigenvalue weighted by molar-refractivity contribution is 0.626. The maximum Gasteiger partial charge on any atom is 0.0833 e. The normalized spacial score (nSPS) is 12.6. The van der Waals surface area contributed by atoms with E-state index in [1.165, 1.54) is 5.56 Å². The molecule has 1 atom stereocenters. The molecule has 84 valence electrons. The van der Waals surface area contributed by atoms with Crippen molar-refractivity contribution in [2.24, 2.45) is 0 Å². The second kappa shape index (κ2) is 4.88. The molecule has 0 aliphatic heterocycles. The number of nitrogens with zero attached hydrogens (tertiary/aromatic N) is 4. The van der Waals surface area contributed by atoms with E-state index in [0.29, 0.717) is 5.92 Å². The fraction of sp³-hybridized carbons (Fsp3) is 0.417. The Kier molecular flexibility index (Phi) is 3.29. The lowest BCUT2D eigenvalue weighted by atomic mass is 9.98. The third-order valence-electron chi connectivity index (χ3n) is 2.68. The number of aryl methyl sites for hydroxylation is 1. The zero-order valence-electron chi connectivity index (χ0n) is 9.67. The van der Waals surface area contributed by atoms with Crippen molar-refractivity contribution in [3.8, 4) is 0 Å². The lowest BCUT2D eigenvalue weighted by Crippen LogP contribution is -1.99. The first kappa shape index (κ1) is 10.8. The van der Waals surface area contributed by atoms with E-state index in [1.807, 2.05) is 23.1 Å². The van der Waals surface area contributed by atoms with Crippen LogP contribution in [0.15, 0.2) is 30.7 Å². The first-order chi connectivity index (χ1) is 7.79. The number of aromatic nitrogens is 4. The molecule has 1 unspecified atom stereocenters. The van der Waals surface area contributed by atoms with Crippen LogP contribution in [0, 0.1) is 0 Å². The first-order valence-electron chi connectivity index (χ1n) is 5.58. The first-order valence-corrected chi connectivity index (χ1v) is 5.58. The Balaban J connectivity index is 2.05. The van der Waals surface area contributed by atoms with Gasteiger partial charge in [-0.3, -0.25) is 9.67 Å². The van der Waals surface area contributed by atoms with Crippen molar-refractivity contribution < 1.29 is 0 Å². The number of hydrogen-bond donors (Lipinski definition) is 0. The van der Waals surface area contributed by atoms with Gasteiger partial charge in [-0.25, -0.2) is 0 Å². The van der Waals surface area contributed by atoms with E-state index in [2.05, 4.69) is 35.2 Å². The van der Waals surface area contributed by atoms with Gasteiger partial charge in [0.1, 0.15) is 0 Å². The van der Waals surface area contributed by atoms with Gasteiger partial charge in [0.05, 0.1) is 5.69 Å². The maximum atomic E-state index is 4.15. The number of hydrogen-bond acceptors (Lipinski definition) is 3. The molecule has 0 radical (unpaired) electrons. The van der Waals surface area contributed by atoms with Crippen LogP contribution in [0.2, 0.25) is 0 Å². The van der Waals surface area contributed by atoms with Crippen molar-refractivity contribution in [1.82, 2.24) is 20.0 Å². The number of pyridine rings is 1. The lowest BCUT2D eigenvalue weighted by Gasteiger charge is -2.08. The second-order valence-corrected chi connectivity index (χ2v) is 3.96. The van der Waals surface area contributed by atoms with Crippen molar-refractivity contribution in [1.29, 1.82) is 0 Å². The SMILES string of the molecule is CCn1cc(CC(C)c2cccnc2)nn1. The van der Waals surface area contributed by atoms with Gasteiger partial charge < -0.3 is 0 Å². The molecule has 2 aromatic heterocycles. The smallest absolute Gasteiger partial charge is 0.0833 e. The van der Waals surface area contributed by atoms with Gasteiger partial charge in [0.25, 0.3) is 0 Å². The maximum absolute atomic E-state index is 4.15. The van der Waals surface area contributed by atoms with Crippen LogP contribution in [0.5, 0.6) is 0 Å². The van der Waals surface area contributed by atoms with E-state index in [1.54, 1.807) is 6.20 Å². The predicted octanol–water partition coefficient (Wildman–Crippen LogP) is 2.04. The fourth-order valence-electron chi connectivity index (χ4n) is 1.69. The Morgan fingerprint density at radius 2 is 2.31 bits per heavy atom. The summed E-state index contributed by atoms with van der Waals surface area (Å²) in [5.41, 5.74) is 2.28. The van der Waals surface area contributed by atoms with E-state index in [9.17, 15) is 0 Å². The molecule has 0 aliphatic rings. The van der Waals surface area contributed by atoms with Crippen molar-refractivity contribution >= 4 is 0 Å². The van der Waals surface area contributed by atoms with Gasteiger partial charge in [-0.15, -0.1) is 5.10 Å². The molecule has 0 N–H and O–H groups in total. The minimum atomic E-state index is 0.427. The molecule has 0 aliphatic carbocycles. The highest BCUT2D eigenvalue weighted by Crippen LogP contribution is 2.17. The molecule has 0 spiro atoms. The van der Waals surface area contributed by atoms with Crippen LogP contribution in [0.1, 0.15) is 31.0 Å². The molecular weight excluding hydrogens is 200 g/mol. The van der Waals surface area contributed by atoms with E-state index in [4.69, 9.17) is 0 Å². The molecule has 0 fully saturated rings. The van der Waals surface area contributed by atoms with Crippen molar-refractivity contribution in [2.75, 3.05) is 0 Å². The van der Waals surface area contributed by atoms with Crippen LogP contribution in [0.4, 0.5) is 0 Å². The minimum Gasteiger partial charge on any atom is -0.264 e. The summed E-state index contributed by atoms with van der Waals surface area (Å²) in [4.78, 5) is 4.13. The Labute approximate surface area is 95.3 Å². The fourth-order valence-corrected chi connectivity index (χ4v) is 1.69. The van der Waals surface area contributed by atoms with E-state index < -0.39 is 0 Å². The van der Waals surface area contributed by atoms with Crippen molar-refractivity contribution in [2.45, 2.75) is 32.7 Å². The highest BCUT2D eigenvalue weighted by atomic mass is 15.4. The van der Waals surface area contributed by atoms with Gasteiger partial charge in [-0.2, -0.15) is 0 Å². The Morgan fingerprint density at radius 1 is 1.44 bits per heavy atom. The van der Waals surface area contributed by atoms with Crippen LogP contribution in [-0.2, 0) is 13.0 Å². The average Bonchev–Trinajstić information content (AvgIpc) is 2.78. The summed E-state index contributed by atoms with van der Waals surface area (Å²) in [5.74, 6) is 0.427. The standard InChI is InChI=1S/C12H16N4/c1-3-16-9-12(14-15-16)7-10(2)11-5-4-6-13-8-11/h4-6,8-10H,3,7H2,1-2H3. The van der Waals surface area contributed by atoms with Gasteiger partial charge in [0, 0.05) is 25.1 Å². The molecule has 2 aromatic rings. The van der Waals surface area contributed by atoms with Gasteiger partial charge in [-0.05, 0) is 30.9 Å². The molecule has 16 heavy (non-hydrogen) atoms. The zero-order valence-corrected chi connectivity index (χ0v) is 9.67.